The van der Waals surface area contributed by atoms with Crippen LogP contribution in [0.15, 0.2) is 66.8 Å². The number of hydrogen-bond acceptors (Lipinski definition) is 5. The van der Waals surface area contributed by atoms with E-state index >= 15 is 0 Å². The highest BCUT2D eigenvalue weighted by atomic mass is 16.7. The summed E-state index contributed by atoms with van der Waals surface area (Å²) in [6.45, 7) is 2.51. The van der Waals surface area contributed by atoms with Gasteiger partial charge in [-0.15, -0.1) is 0 Å². The number of allylic oxidation sites excluding steroid dienone is 2. The van der Waals surface area contributed by atoms with Crippen molar-refractivity contribution in [1.82, 2.24) is 10.2 Å². The highest BCUT2D eigenvalue weighted by molar-refractivity contribution is 5.89. The lowest BCUT2D eigenvalue weighted by Crippen LogP contribution is -2.55. The molecule has 4 rings (SSSR count). The van der Waals surface area contributed by atoms with Gasteiger partial charge in [-0.25, -0.2) is 0 Å². The van der Waals surface area contributed by atoms with Crippen LogP contribution in [0.2, 0.25) is 0 Å². The molecule has 2 N–H and O–H groups in total. The van der Waals surface area contributed by atoms with E-state index in [-0.39, 0.29) is 19.1 Å². The van der Waals surface area contributed by atoms with Gasteiger partial charge in [-0.1, -0.05) is 54.6 Å². The fraction of sp³-hybridized carbons (Fsp3) is 0.308. The van der Waals surface area contributed by atoms with Crippen LogP contribution < -0.4 is 14.8 Å². The zero-order valence-corrected chi connectivity index (χ0v) is 18.4. The molecule has 1 amide bonds. The fourth-order valence-electron chi connectivity index (χ4n) is 4.25. The van der Waals surface area contributed by atoms with Crippen LogP contribution in [0.3, 0.4) is 0 Å². The van der Waals surface area contributed by atoms with Crippen LogP contribution in [-0.4, -0.2) is 47.3 Å². The fourth-order valence-corrected chi connectivity index (χ4v) is 4.25. The molecule has 2 aromatic rings. The number of amides is 1. The minimum atomic E-state index is -0.904. The Labute approximate surface area is 193 Å². The number of ether oxygens (including phenoxy) is 2. The summed E-state index contributed by atoms with van der Waals surface area (Å²) in [4.78, 5) is 26.4. The molecule has 2 heterocycles. The summed E-state index contributed by atoms with van der Waals surface area (Å²) in [6, 6.07) is 15.8. The molecule has 0 radical (unpaired) electrons. The van der Waals surface area contributed by atoms with Gasteiger partial charge in [0.2, 0.25) is 12.7 Å². The molecule has 0 bridgehead atoms. The maximum atomic E-state index is 12.6. The van der Waals surface area contributed by atoms with Gasteiger partial charge >= 0.3 is 5.97 Å². The summed E-state index contributed by atoms with van der Waals surface area (Å²) >= 11 is 0. The molecule has 2 aliphatic heterocycles. The first-order chi connectivity index (χ1) is 16.0. The minimum absolute atomic E-state index is 0.0845. The van der Waals surface area contributed by atoms with Crippen molar-refractivity contribution < 1.29 is 24.2 Å². The molecule has 33 heavy (non-hydrogen) atoms. The van der Waals surface area contributed by atoms with E-state index in [0.29, 0.717) is 18.6 Å². The number of likely N-dealkylation sites (tertiary alicyclic amines) is 1. The van der Waals surface area contributed by atoms with Crippen LogP contribution in [0, 0.1) is 0 Å². The quantitative estimate of drug-likeness (QED) is 0.474. The number of nitrogens with zero attached hydrogens (tertiary/aromatic N) is 1. The average Bonchev–Trinajstić information content (AvgIpc) is 3.27. The first-order valence-electron chi connectivity index (χ1n) is 11.1. The molecular weight excluding hydrogens is 420 g/mol. The maximum Gasteiger partial charge on any atom is 0.305 e. The molecule has 0 spiro atoms. The second kappa shape index (κ2) is 10.4. The Bertz CT molecular complexity index is 1040. The van der Waals surface area contributed by atoms with Crippen molar-refractivity contribution in [2.24, 2.45) is 0 Å². The highest BCUT2D eigenvalue weighted by Gasteiger charge is 2.37. The predicted molar refractivity (Wildman–Crippen MR) is 125 cm³/mol. The third-order valence-corrected chi connectivity index (χ3v) is 5.98. The molecule has 0 saturated carbocycles. The summed E-state index contributed by atoms with van der Waals surface area (Å²) in [7, 11) is 0. The van der Waals surface area contributed by atoms with Crippen molar-refractivity contribution in [2.45, 2.75) is 31.3 Å². The second-order valence-electron chi connectivity index (χ2n) is 8.43. The van der Waals surface area contributed by atoms with E-state index < -0.39 is 11.5 Å². The Morgan fingerprint density at radius 1 is 1.03 bits per heavy atom. The molecule has 172 valence electrons. The second-order valence-corrected chi connectivity index (χ2v) is 8.43. The predicted octanol–water partition coefficient (Wildman–Crippen LogP) is 3.61. The largest absolute Gasteiger partial charge is 0.481 e. The van der Waals surface area contributed by atoms with Crippen molar-refractivity contribution in [3.63, 3.8) is 0 Å². The van der Waals surface area contributed by atoms with E-state index in [1.807, 2.05) is 42.5 Å². The third kappa shape index (κ3) is 6.23. The van der Waals surface area contributed by atoms with Crippen LogP contribution in [0.4, 0.5) is 0 Å². The van der Waals surface area contributed by atoms with Gasteiger partial charge in [0.25, 0.3) is 0 Å². The molecule has 0 unspecified atom stereocenters. The Morgan fingerprint density at radius 3 is 2.55 bits per heavy atom. The van der Waals surface area contributed by atoms with Gasteiger partial charge in [-0.3, -0.25) is 14.5 Å². The molecule has 2 aromatic carbocycles. The molecular formula is C26H28N2O5. The summed E-state index contributed by atoms with van der Waals surface area (Å²) in [6.07, 6.45) is 7.82. The number of carbonyl (C=O) groups is 2. The molecule has 2 aliphatic rings. The maximum absolute atomic E-state index is 12.6. The van der Waals surface area contributed by atoms with Crippen LogP contribution in [-0.2, 0) is 16.1 Å². The molecule has 0 aromatic heterocycles. The SMILES string of the molecule is O=C(O)CC1(NC(=O)/C=C/C=C/c2ccc3c(c2)OCO3)CCN(Cc2ccccc2)CC1. The number of fused-ring (bicyclic) bond motifs is 1. The van der Waals surface area contributed by atoms with Gasteiger partial charge < -0.3 is 19.9 Å². The lowest BCUT2D eigenvalue weighted by molar-refractivity contribution is -0.139. The van der Waals surface area contributed by atoms with Gasteiger partial charge in [0.1, 0.15) is 0 Å². The lowest BCUT2D eigenvalue weighted by atomic mass is 9.84. The van der Waals surface area contributed by atoms with Gasteiger partial charge in [0.05, 0.1) is 12.0 Å². The van der Waals surface area contributed by atoms with Crippen LogP contribution in [0.1, 0.15) is 30.4 Å². The molecule has 7 nitrogen and oxygen atoms in total. The minimum Gasteiger partial charge on any atom is -0.481 e. The highest BCUT2D eigenvalue weighted by Crippen LogP contribution is 2.32. The van der Waals surface area contributed by atoms with E-state index in [9.17, 15) is 14.7 Å². The smallest absolute Gasteiger partial charge is 0.305 e. The van der Waals surface area contributed by atoms with Gasteiger partial charge in [-0.05, 0) is 36.1 Å². The van der Waals surface area contributed by atoms with E-state index in [1.165, 1.54) is 11.6 Å². The van der Waals surface area contributed by atoms with Crippen LogP contribution >= 0.6 is 0 Å². The lowest BCUT2D eigenvalue weighted by Gasteiger charge is -2.41. The normalized spacial score (nSPS) is 17.5. The number of piperidine rings is 1. The van der Waals surface area contributed by atoms with Gasteiger partial charge in [0, 0.05) is 25.7 Å². The van der Waals surface area contributed by atoms with E-state index in [1.54, 1.807) is 12.2 Å². The van der Waals surface area contributed by atoms with E-state index in [4.69, 9.17) is 9.47 Å². The topological polar surface area (TPSA) is 88.1 Å². The zero-order valence-electron chi connectivity index (χ0n) is 18.4. The summed E-state index contributed by atoms with van der Waals surface area (Å²) in [5.41, 5.74) is 1.42. The molecule has 0 aliphatic carbocycles. The van der Waals surface area contributed by atoms with E-state index in [2.05, 4.69) is 22.3 Å². The summed E-state index contributed by atoms with van der Waals surface area (Å²) < 4.78 is 10.7. The van der Waals surface area contributed by atoms with Crippen molar-refractivity contribution in [2.75, 3.05) is 19.9 Å². The number of aliphatic carboxylic acids is 1. The Hall–Kier alpha value is -3.58. The first-order valence-corrected chi connectivity index (χ1v) is 11.1. The zero-order chi connectivity index (χ0) is 23.1. The first kappa shape index (κ1) is 22.6. The standard InChI is InChI=1S/C26H28N2O5/c29-24(9-5-4-6-20-10-11-22-23(16-20)33-19-32-22)27-26(17-25(30)31)12-14-28(15-13-26)18-21-7-2-1-3-8-21/h1-11,16H,12-15,17-19H2,(H,27,29)(H,30,31)/b6-4+,9-5+. The number of carboxylic acid groups (broad SMARTS) is 1. The molecule has 1 saturated heterocycles. The average molecular weight is 449 g/mol. The van der Waals surface area contributed by atoms with Crippen molar-refractivity contribution in [3.8, 4) is 11.5 Å². The molecule has 7 heteroatoms. The third-order valence-electron chi connectivity index (χ3n) is 5.98. The Morgan fingerprint density at radius 2 is 1.79 bits per heavy atom. The van der Waals surface area contributed by atoms with E-state index in [0.717, 1.165) is 30.9 Å². The monoisotopic (exact) mass is 448 g/mol. The van der Waals surface area contributed by atoms with Crippen molar-refractivity contribution in [3.05, 3.63) is 77.9 Å². The number of carboxylic acids is 1. The van der Waals surface area contributed by atoms with Crippen LogP contribution in [0.5, 0.6) is 11.5 Å². The van der Waals surface area contributed by atoms with Gasteiger partial charge in [0.15, 0.2) is 11.5 Å². The van der Waals surface area contributed by atoms with Crippen molar-refractivity contribution >= 4 is 18.0 Å². The number of nitrogens with one attached hydrogen (secondary N) is 1. The number of hydrogen-bond donors (Lipinski definition) is 2. The Balaban J connectivity index is 1.32. The van der Waals surface area contributed by atoms with Crippen LogP contribution in [0.25, 0.3) is 6.08 Å². The molecule has 1 fully saturated rings. The number of rotatable bonds is 8. The number of benzene rings is 2. The van der Waals surface area contributed by atoms with Gasteiger partial charge in [-0.2, -0.15) is 0 Å². The Kier molecular flexibility index (Phi) is 7.10. The molecule has 0 atom stereocenters. The number of carbonyl (C=O) groups excluding carboxylic acids is 1. The summed E-state index contributed by atoms with van der Waals surface area (Å²) in [5.74, 6) is 0.232. The van der Waals surface area contributed by atoms with Crippen molar-refractivity contribution in [1.29, 1.82) is 0 Å². The summed E-state index contributed by atoms with van der Waals surface area (Å²) in [5, 5.41) is 12.4.